The number of aliphatic carboxylic acids is 1. The molecule has 1 atom stereocenters. The van der Waals surface area contributed by atoms with Gasteiger partial charge < -0.3 is 9.84 Å². The SMILES string of the molecule is C=CCOC(=O)CC(C(=O)O)S(=O)(=O)O. The van der Waals surface area contributed by atoms with E-state index in [1.165, 1.54) is 6.08 Å². The zero-order valence-corrected chi connectivity index (χ0v) is 8.44. The molecule has 1 unspecified atom stereocenters. The summed E-state index contributed by atoms with van der Waals surface area (Å²) in [4.78, 5) is 21.2. The Balaban J connectivity index is 4.51. The highest BCUT2D eigenvalue weighted by Crippen LogP contribution is 2.06. The fraction of sp³-hybridized carbons (Fsp3) is 0.429. The van der Waals surface area contributed by atoms with E-state index < -0.39 is 33.7 Å². The van der Waals surface area contributed by atoms with E-state index in [9.17, 15) is 18.0 Å². The first-order valence-corrected chi connectivity index (χ1v) is 5.25. The first-order chi connectivity index (χ1) is 6.79. The first-order valence-electron chi connectivity index (χ1n) is 3.74. The summed E-state index contributed by atoms with van der Waals surface area (Å²) >= 11 is 0. The fourth-order valence-electron chi connectivity index (χ4n) is 0.682. The van der Waals surface area contributed by atoms with Crippen LogP contribution in [0.5, 0.6) is 0 Å². The molecule has 15 heavy (non-hydrogen) atoms. The highest BCUT2D eigenvalue weighted by molar-refractivity contribution is 7.87. The molecule has 0 bridgehead atoms. The van der Waals surface area contributed by atoms with Crippen molar-refractivity contribution in [1.29, 1.82) is 0 Å². The molecule has 0 aliphatic heterocycles. The van der Waals surface area contributed by atoms with Crippen molar-refractivity contribution < 1.29 is 32.4 Å². The van der Waals surface area contributed by atoms with E-state index in [0.29, 0.717) is 0 Å². The van der Waals surface area contributed by atoms with Gasteiger partial charge in [0, 0.05) is 0 Å². The predicted octanol–water partition coefficient (Wildman–Crippen LogP) is -0.553. The zero-order chi connectivity index (χ0) is 12.1. The average Bonchev–Trinajstić information content (AvgIpc) is 2.08. The van der Waals surface area contributed by atoms with Crippen LogP contribution < -0.4 is 0 Å². The van der Waals surface area contributed by atoms with Gasteiger partial charge in [0.05, 0.1) is 6.42 Å². The van der Waals surface area contributed by atoms with Gasteiger partial charge in [-0.25, -0.2) is 0 Å². The van der Waals surface area contributed by atoms with Gasteiger partial charge in [-0.1, -0.05) is 12.7 Å². The number of ether oxygens (including phenoxy) is 1. The third-order valence-corrected chi connectivity index (χ3v) is 2.44. The van der Waals surface area contributed by atoms with Crippen LogP contribution in [-0.2, 0) is 24.4 Å². The Morgan fingerprint density at radius 3 is 2.33 bits per heavy atom. The van der Waals surface area contributed by atoms with E-state index in [1.807, 2.05) is 0 Å². The maximum atomic E-state index is 10.9. The van der Waals surface area contributed by atoms with Gasteiger partial charge in [0.25, 0.3) is 10.1 Å². The number of carbonyl (C=O) groups excluding carboxylic acids is 1. The Morgan fingerprint density at radius 2 is 2.00 bits per heavy atom. The smallest absolute Gasteiger partial charge is 0.325 e. The van der Waals surface area contributed by atoms with Gasteiger partial charge in [0.15, 0.2) is 5.25 Å². The van der Waals surface area contributed by atoms with Crippen molar-refractivity contribution in [2.45, 2.75) is 11.7 Å². The van der Waals surface area contributed by atoms with Crippen LogP contribution in [0, 0.1) is 0 Å². The first kappa shape index (κ1) is 13.6. The molecule has 0 saturated heterocycles. The number of esters is 1. The molecule has 8 heteroatoms. The minimum Gasteiger partial charge on any atom is -0.480 e. The number of hydrogen-bond donors (Lipinski definition) is 2. The van der Waals surface area contributed by atoms with Crippen LogP contribution in [0.4, 0.5) is 0 Å². The number of carboxylic acid groups (broad SMARTS) is 1. The van der Waals surface area contributed by atoms with E-state index in [-0.39, 0.29) is 6.61 Å². The highest BCUT2D eigenvalue weighted by Gasteiger charge is 2.33. The van der Waals surface area contributed by atoms with Crippen LogP contribution in [-0.4, -0.2) is 41.9 Å². The second-order valence-electron chi connectivity index (χ2n) is 2.52. The average molecular weight is 238 g/mol. The number of carboxylic acids is 1. The molecule has 0 radical (unpaired) electrons. The van der Waals surface area contributed by atoms with Crippen molar-refractivity contribution in [3.05, 3.63) is 12.7 Å². The fourth-order valence-corrected chi connectivity index (χ4v) is 1.28. The van der Waals surface area contributed by atoms with Crippen LogP contribution in [0.15, 0.2) is 12.7 Å². The Bertz CT molecular complexity index is 356. The van der Waals surface area contributed by atoms with Crippen molar-refractivity contribution in [2.24, 2.45) is 0 Å². The number of carbonyl (C=O) groups is 2. The summed E-state index contributed by atoms with van der Waals surface area (Å²) in [6.07, 6.45) is 0.295. The quantitative estimate of drug-likeness (QED) is 0.362. The molecule has 0 aromatic carbocycles. The third-order valence-electron chi connectivity index (χ3n) is 1.35. The van der Waals surface area contributed by atoms with Gasteiger partial charge in [-0.3, -0.25) is 14.1 Å². The van der Waals surface area contributed by atoms with Crippen LogP contribution >= 0.6 is 0 Å². The lowest BCUT2D eigenvalue weighted by molar-refractivity contribution is -0.146. The molecule has 0 aromatic rings. The number of rotatable bonds is 6. The van der Waals surface area contributed by atoms with Crippen molar-refractivity contribution in [3.63, 3.8) is 0 Å². The van der Waals surface area contributed by atoms with Crippen molar-refractivity contribution in [1.82, 2.24) is 0 Å². The Labute approximate surface area is 86.1 Å². The lowest BCUT2D eigenvalue weighted by atomic mass is 10.3. The molecule has 0 saturated carbocycles. The highest BCUT2D eigenvalue weighted by atomic mass is 32.2. The molecule has 0 amide bonds. The molecule has 0 spiro atoms. The predicted molar refractivity (Wildman–Crippen MR) is 48.7 cm³/mol. The molecule has 0 rings (SSSR count). The van der Waals surface area contributed by atoms with E-state index in [0.717, 1.165) is 0 Å². The van der Waals surface area contributed by atoms with Crippen molar-refractivity contribution in [2.75, 3.05) is 6.61 Å². The molecule has 2 N–H and O–H groups in total. The summed E-state index contributed by atoms with van der Waals surface area (Å²) in [5.74, 6) is -2.85. The Morgan fingerprint density at radius 1 is 1.47 bits per heavy atom. The summed E-state index contributed by atoms with van der Waals surface area (Å²) in [6, 6.07) is 0. The largest absolute Gasteiger partial charge is 0.480 e. The van der Waals surface area contributed by atoms with E-state index in [2.05, 4.69) is 11.3 Å². The lowest BCUT2D eigenvalue weighted by Crippen LogP contribution is -2.32. The molecule has 0 aliphatic rings. The minimum absolute atomic E-state index is 0.156. The molecule has 0 aromatic heterocycles. The van der Waals surface area contributed by atoms with Gasteiger partial charge in [-0.15, -0.1) is 0 Å². The molecular weight excluding hydrogens is 228 g/mol. The zero-order valence-electron chi connectivity index (χ0n) is 7.62. The molecule has 7 nitrogen and oxygen atoms in total. The molecule has 0 fully saturated rings. The normalized spacial score (nSPS) is 12.9. The van der Waals surface area contributed by atoms with Gasteiger partial charge in [-0.05, 0) is 0 Å². The van der Waals surface area contributed by atoms with Crippen molar-refractivity contribution in [3.8, 4) is 0 Å². The monoisotopic (exact) mass is 238 g/mol. The minimum atomic E-state index is -4.81. The second-order valence-corrected chi connectivity index (χ2v) is 4.12. The van der Waals surface area contributed by atoms with Gasteiger partial charge in [0.2, 0.25) is 0 Å². The van der Waals surface area contributed by atoms with Gasteiger partial charge >= 0.3 is 11.9 Å². The standard InChI is InChI=1S/C7H10O7S/c1-2-3-14-6(8)4-5(7(9)10)15(11,12)13/h2,5H,1,3-4H2,(H,9,10)(H,11,12,13). The van der Waals surface area contributed by atoms with Crippen molar-refractivity contribution >= 4 is 22.1 Å². The van der Waals surface area contributed by atoms with Crippen LogP contribution in [0.3, 0.4) is 0 Å². The molecule has 0 aliphatic carbocycles. The maximum Gasteiger partial charge on any atom is 0.325 e. The summed E-state index contributed by atoms with van der Waals surface area (Å²) in [7, 11) is -4.81. The summed E-state index contributed by atoms with van der Waals surface area (Å²) < 4.78 is 33.9. The second kappa shape index (κ2) is 5.47. The number of hydrogen-bond acceptors (Lipinski definition) is 5. The van der Waals surface area contributed by atoms with Crippen LogP contribution in [0.25, 0.3) is 0 Å². The molecule has 86 valence electrons. The molecular formula is C7H10O7S. The van der Waals surface area contributed by atoms with E-state index in [4.69, 9.17) is 9.66 Å². The van der Waals surface area contributed by atoms with Gasteiger partial charge in [-0.2, -0.15) is 8.42 Å². The van der Waals surface area contributed by atoms with Crippen LogP contribution in [0.2, 0.25) is 0 Å². The molecule has 0 heterocycles. The summed E-state index contributed by atoms with van der Waals surface area (Å²) in [6.45, 7) is 3.08. The summed E-state index contributed by atoms with van der Waals surface area (Å²) in [5.41, 5.74) is 0. The summed E-state index contributed by atoms with van der Waals surface area (Å²) in [5, 5.41) is 6.22. The Kier molecular flexibility index (Phi) is 4.95. The Hall–Kier alpha value is -1.41. The van der Waals surface area contributed by atoms with E-state index >= 15 is 0 Å². The topological polar surface area (TPSA) is 118 Å². The van der Waals surface area contributed by atoms with Gasteiger partial charge in [0.1, 0.15) is 6.61 Å². The third kappa shape index (κ3) is 5.13. The van der Waals surface area contributed by atoms with Crippen LogP contribution in [0.1, 0.15) is 6.42 Å². The van der Waals surface area contributed by atoms with E-state index in [1.54, 1.807) is 0 Å². The maximum absolute atomic E-state index is 10.9. The lowest BCUT2D eigenvalue weighted by Gasteiger charge is -2.07.